The topological polar surface area (TPSA) is 51.4 Å². The van der Waals surface area contributed by atoms with E-state index in [1.807, 2.05) is 0 Å². The van der Waals surface area contributed by atoms with E-state index in [0.29, 0.717) is 16.1 Å². The van der Waals surface area contributed by atoms with E-state index >= 15 is 0 Å². The second kappa shape index (κ2) is 2.93. The van der Waals surface area contributed by atoms with Crippen molar-refractivity contribution in [3.63, 3.8) is 0 Å². The number of nitrogens with zero attached hydrogens (tertiary/aromatic N) is 2. The molecule has 66 valence electrons. The summed E-state index contributed by atoms with van der Waals surface area (Å²) in [6.45, 7) is 0. The molecule has 0 aliphatic rings. The van der Waals surface area contributed by atoms with E-state index in [0.717, 1.165) is 11.3 Å². The van der Waals surface area contributed by atoms with Crippen LogP contribution >= 0.6 is 22.9 Å². The maximum absolute atomic E-state index is 11.3. The van der Waals surface area contributed by atoms with Crippen molar-refractivity contribution in [3.8, 4) is 0 Å². The number of hydrogen-bond donors (Lipinski definition) is 0. The van der Waals surface area contributed by atoms with Gasteiger partial charge in [0, 0.05) is 12.3 Å². The molecule has 0 unspecified atom stereocenters. The highest BCUT2D eigenvalue weighted by Crippen LogP contribution is 2.22. The molecule has 0 N–H and O–H groups in total. The van der Waals surface area contributed by atoms with E-state index < -0.39 is 0 Å². The maximum atomic E-state index is 11.3. The smallest absolute Gasteiger partial charge is 0.259 e. The van der Waals surface area contributed by atoms with Gasteiger partial charge in [-0.25, -0.2) is 9.38 Å². The second-order valence-electron chi connectivity index (χ2n) is 2.28. The number of carbonyl (C=O) groups excluding carboxylic acids is 1. The first-order chi connectivity index (χ1) is 6.24. The predicted molar refractivity (Wildman–Crippen MR) is 49.7 cm³/mol. The van der Waals surface area contributed by atoms with Crippen LogP contribution in [-0.4, -0.2) is 15.7 Å². The SMILES string of the molecule is O=Cc1sc2nccc(=O)n2c1Cl. The van der Waals surface area contributed by atoms with Crippen LogP contribution in [0.2, 0.25) is 5.15 Å². The first kappa shape index (κ1) is 8.40. The Morgan fingerprint density at radius 1 is 1.62 bits per heavy atom. The Morgan fingerprint density at radius 2 is 2.38 bits per heavy atom. The van der Waals surface area contributed by atoms with E-state index in [-0.39, 0.29) is 10.7 Å². The van der Waals surface area contributed by atoms with Crippen molar-refractivity contribution in [2.75, 3.05) is 0 Å². The molecule has 13 heavy (non-hydrogen) atoms. The standard InChI is InChI=1S/C7H3ClN2O2S/c8-6-4(3-11)13-7-9-2-1-5(12)10(6)7/h1-3H. The van der Waals surface area contributed by atoms with Gasteiger partial charge in [-0.05, 0) is 0 Å². The lowest BCUT2D eigenvalue weighted by Gasteiger charge is -1.89. The lowest BCUT2D eigenvalue weighted by Crippen LogP contribution is -2.10. The van der Waals surface area contributed by atoms with Gasteiger partial charge in [0.1, 0.15) is 10.0 Å². The fraction of sp³-hybridized carbons (Fsp3) is 0. The number of aldehydes is 1. The summed E-state index contributed by atoms with van der Waals surface area (Å²) in [6.07, 6.45) is 2.00. The van der Waals surface area contributed by atoms with E-state index in [1.165, 1.54) is 16.7 Å². The van der Waals surface area contributed by atoms with Crippen molar-refractivity contribution < 1.29 is 4.79 Å². The first-order valence-electron chi connectivity index (χ1n) is 3.35. The Bertz CT molecular complexity index is 531. The summed E-state index contributed by atoms with van der Waals surface area (Å²) >= 11 is 6.85. The molecule has 2 rings (SSSR count). The van der Waals surface area contributed by atoms with Gasteiger partial charge in [-0.1, -0.05) is 22.9 Å². The van der Waals surface area contributed by atoms with Crippen molar-refractivity contribution in [2.24, 2.45) is 0 Å². The normalized spacial score (nSPS) is 10.5. The fourth-order valence-corrected chi connectivity index (χ4v) is 2.15. The fourth-order valence-electron chi connectivity index (χ4n) is 0.967. The molecule has 0 amide bonds. The van der Waals surface area contributed by atoms with Crippen LogP contribution in [0.5, 0.6) is 0 Å². The van der Waals surface area contributed by atoms with Crippen molar-refractivity contribution in [3.05, 3.63) is 32.6 Å². The second-order valence-corrected chi connectivity index (χ2v) is 3.64. The van der Waals surface area contributed by atoms with Crippen LogP contribution in [0, 0.1) is 0 Å². The molecule has 4 nitrogen and oxygen atoms in total. The molecule has 2 aromatic rings. The van der Waals surface area contributed by atoms with Gasteiger partial charge in [-0.2, -0.15) is 0 Å². The molecular weight excluding hydrogens is 212 g/mol. The van der Waals surface area contributed by atoms with Gasteiger partial charge in [0.05, 0.1) is 0 Å². The van der Waals surface area contributed by atoms with Crippen LogP contribution in [0.25, 0.3) is 4.96 Å². The van der Waals surface area contributed by atoms with Crippen molar-refractivity contribution >= 4 is 34.2 Å². The molecule has 0 aliphatic heterocycles. The number of hydrogen-bond acceptors (Lipinski definition) is 4. The third-order valence-corrected chi connectivity index (χ3v) is 2.99. The van der Waals surface area contributed by atoms with Crippen molar-refractivity contribution in [2.45, 2.75) is 0 Å². The molecule has 0 aliphatic carbocycles. The van der Waals surface area contributed by atoms with Crippen LogP contribution in [0.1, 0.15) is 9.67 Å². The van der Waals surface area contributed by atoms with Crippen molar-refractivity contribution in [1.82, 2.24) is 9.38 Å². The quantitative estimate of drug-likeness (QED) is 0.671. The zero-order valence-electron chi connectivity index (χ0n) is 6.23. The molecule has 0 bridgehead atoms. The summed E-state index contributed by atoms with van der Waals surface area (Å²) in [5.41, 5.74) is -0.278. The van der Waals surface area contributed by atoms with E-state index in [9.17, 15) is 9.59 Å². The highest BCUT2D eigenvalue weighted by Gasteiger charge is 2.10. The molecule has 0 saturated heterocycles. The number of aromatic nitrogens is 2. The molecule has 0 radical (unpaired) electrons. The molecule has 2 aromatic heterocycles. The van der Waals surface area contributed by atoms with Gasteiger partial charge in [-0.15, -0.1) is 0 Å². The molecule has 2 heterocycles. The van der Waals surface area contributed by atoms with Crippen LogP contribution in [0.4, 0.5) is 0 Å². The minimum Gasteiger partial charge on any atom is -0.297 e. The van der Waals surface area contributed by atoms with Crippen LogP contribution in [-0.2, 0) is 0 Å². The van der Waals surface area contributed by atoms with Crippen LogP contribution in [0.15, 0.2) is 17.1 Å². The van der Waals surface area contributed by atoms with Crippen molar-refractivity contribution in [1.29, 1.82) is 0 Å². The summed E-state index contributed by atoms with van der Waals surface area (Å²) in [5.74, 6) is 0. The predicted octanol–water partition coefficient (Wildman–Crippen LogP) is 1.22. The van der Waals surface area contributed by atoms with Crippen LogP contribution < -0.4 is 5.56 Å². The molecule has 0 saturated carbocycles. The lowest BCUT2D eigenvalue weighted by molar-refractivity contribution is 0.112. The summed E-state index contributed by atoms with van der Waals surface area (Å²) < 4.78 is 1.20. The Balaban J connectivity index is 3.01. The van der Waals surface area contributed by atoms with E-state index in [4.69, 9.17) is 11.6 Å². The minimum atomic E-state index is -0.278. The van der Waals surface area contributed by atoms with Gasteiger partial charge < -0.3 is 0 Å². The molecule has 0 aromatic carbocycles. The first-order valence-corrected chi connectivity index (χ1v) is 4.54. The number of halogens is 1. The van der Waals surface area contributed by atoms with Crippen LogP contribution in [0.3, 0.4) is 0 Å². The van der Waals surface area contributed by atoms with E-state index in [1.54, 1.807) is 0 Å². The summed E-state index contributed by atoms with van der Waals surface area (Å²) in [5, 5.41) is 0.133. The summed E-state index contributed by atoms with van der Waals surface area (Å²) in [4.78, 5) is 26.4. The minimum absolute atomic E-state index is 0.133. The highest BCUT2D eigenvalue weighted by molar-refractivity contribution is 7.19. The average molecular weight is 215 g/mol. The number of thiazole rings is 1. The summed E-state index contributed by atoms with van der Waals surface area (Å²) in [6, 6.07) is 1.29. The zero-order valence-corrected chi connectivity index (χ0v) is 7.80. The third kappa shape index (κ3) is 1.16. The largest absolute Gasteiger partial charge is 0.297 e. The molecule has 0 spiro atoms. The molecule has 0 atom stereocenters. The lowest BCUT2D eigenvalue weighted by atomic mass is 10.6. The molecular formula is C7H3ClN2O2S. The number of rotatable bonds is 1. The van der Waals surface area contributed by atoms with Gasteiger partial charge in [0.15, 0.2) is 11.2 Å². The Kier molecular flexibility index (Phi) is 1.90. The Hall–Kier alpha value is -1.20. The number of carbonyl (C=O) groups is 1. The zero-order chi connectivity index (χ0) is 9.42. The third-order valence-electron chi connectivity index (χ3n) is 1.52. The highest BCUT2D eigenvalue weighted by atomic mass is 35.5. The maximum Gasteiger partial charge on any atom is 0.259 e. The molecule has 6 heteroatoms. The van der Waals surface area contributed by atoms with Gasteiger partial charge in [0.2, 0.25) is 0 Å². The van der Waals surface area contributed by atoms with E-state index in [2.05, 4.69) is 4.98 Å². The average Bonchev–Trinajstić information content (AvgIpc) is 2.44. The molecule has 0 fully saturated rings. The monoisotopic (exact) mass is 214 g/mol. The van der Waals surface area contributed by atoms with Gasteiger partial charge in [-0.3, -0.25) is 9.59 Å². The van der Waals surface area contributed by atoms with Gasteiger partial charge >= 0.3 is 0 Å². The Morgan fingerprint density at radius 3 is 3.00 bits per heavy atom. The number of fused-ring (bicyclic) bond motifs is 1. The Labute approximate surface area is 81.4 Å². The summed E-state index contributed by atoms with van der Waals surface area (Å²) in [7, 11) is 0. The van der Waals surface area contributed by atoms with Gasteiger partial charge in [0.25, 0.3) is 5.56 Å².